The Morgan fingerprint density at radius 1 is 1.26 bits per heavy atom. The Morgan fingerprint density at radius 2 is 2.05 bits per heavy atom. The monoisotopic (exact) mass is 528 g/mol. The van der Waals surface area contributed by atoms with Gasteiger partial charge >= 0.3 is 0 Å². The summed E-state index contributed by atoms with van der Waals surface area (Å²) in [4.78, 5) is 32.3. The van der Waals surface area contributed by atoms with Crippen molar-refractivity contribution in [3.8, 4) is 0 Å². The van der Waals surface area contributed by atoms with Gasteiger partial charge in [0, 0.05) is 50.2 Å². The third-order valence-corrected chi connectivity index (χ3v) is 8.14. The van der Waals surface area contributed by atoms with Gasteiger partial charge in [-0.2, -0.15) is 4.98 Å². The number of piperazine rings is 1. The first-order chi connectivity index (χ1) is 18.7. The fourth-order valence-electron chi connectivity index (χ4n) is 5.95. The number of hydrogen-bond donors (Lipinski definition) is 2. The molecule has 3 aromatic rings. The fraction of sp³-hybridized carbons (Fsp3) is 0.448. The second-order valence-electron chi connectivity index (χ2n) is 11.1. The molecule has 2 unspecified atom stereocenters. The number of nitrogens with zero attached hydrogens (tertiary/aromatic N) is 7. The van der Waals surface area contributed by atoms with Gasteiger partial charge in [-0.15, -0.1) is 6.58 Å². The lowest BCUT2D eigenvalue weighted by molar-refractivity contribution is 0.133. The molecule has 0 bridgehead atoms. The second-order valence-corrected chi connectivity index (χ2v) is 11.1. The van der Waals surface area contributed by atoms with E-state index in [0.717, 1.165) is 43.9 Å². The van der Waals surface area contributed by atoms with E-state index >= 15 is 0 Å². The highest BCUT2D eigenvalue weighted by Crippen LogP contribution is 2.37. The molecule has 204 valence electrons. The number of nitrogens with one attached hydrogen (secondary N) is 1. The van der Waals surface area contributed by atoms with Gasteiger partial charge in [0.1, 0.15) is 17.2 Å². The van der Waals surface area contributed by atoms with E-state index in [4.69, 9.17) is 9.98 Å². The molecule has 4 heterocycles. The summed E-state index contributed by atoms with van der Waals surface area (Å²) in [5, 5.41) is 14.6. The molecular formula is C29H36N8O2. The summed E-state index contributed by atoms with van der Waals surface area (Å²) in [5.41, 5.74) is 4.48. The first-order valence-electron chi connectivity index (χ1n) is 13.7. The maximum Gasteiger partial charge on any atom is 0.278 e. The molecule has 1 aliphatic carbocycles. The molecule has 2 N–H and O–H groups in total. The molecule has 1 saturated carbocycles. The number of anilines is 3. The van der Waals surface area contributed by atoms with Crippen LogP contribution in [0.25, 0.3) is 11.0 Å². The maximum absolute atomic E-state index is 13.3. The van der Waals surface area contributed by atoms with Crippen LogP contribution in [0.15, 0.2) is 58.5 Å². The zero-order valence-electron chi connectivity index (χ0n) is 22.9. The molecule has 10 heteroatoms. The number of hydrogen-bond acceptors (Lipinski definition) is 8. The Balaban J connectivity index is 1.34. The summed E-state index contributed by atoms with van der Waals surface area (Å²) in [6, 6.07) is 6.30. The number of likely N-dealkylation sites (N-methyl/N-ethyl adjacent to an activating group) is 1. The van der Waals surface area contributed by atoms with Gasteiger partial charge in [0.2, 0.25) is 5.95 Å². The third-order valence-electron chi connectivity index (χ3n) is 8.14. The Hall–Kier alpha value is -3.76. The Morgan fingerprint density at radius 3 is 2.79 bits per heavy atom. The van der Waals surface area contributed by atoms with Crippen molar-refractivity contribution in [3.05, 3.63) is 64.6 Å². The smallest absolute Gasteiger partial charge is 0.278 e. The van der Waals surface area contributed by atoms with E-state index in [0.29, 0.717) is 42.1 Å². The normalized spacial score (nSPS) is 23.5. The standard InChI is InChI=1S/C29H36N8O2/c1-5-12-36-27(38)22-18-30-28(31-21-7-8-23(19(2)17-21)35-15-13-34(4)14-16-35)33-26(22)37(36)24-9-6-20-10-11-29(3,39)25(20)32-24/h5-8,17-18,24,39H,1,9-16H2,2-4H3,(H,30,31,33). The molecule has 0 radical (unpaired) electrons. The Bertz CT molecular complexity index is 1560. The van der Waals surface area contributed by atoms with Crippen LogP contribution >= 0.6 is 0 Å². The number of allylic oxidation sites excluding steroid dienone is 1. The number of dihydropyridines is 1. The SMILES string of the molecule is C=CCn1c(=O)c2cnc(Nc3ccc(N4CCN(C)CC4)c(C)c3)nc2n1C1CC=C2CCC(C)(O)C2=N1. The van der Waals surface area contributed by atoms with Crippen LogP contribution in [0.3, 0.4) is 0 Å². The quantitative estimate of drug-likeness (QED) is 0.473. The summed E-state index contributed by atoms with van der Waals surface area (Å²) in [5.74, 6) is 0.409. The minimum absolute atomic E-state index is 0.183. The summed E-state index contributed by atoms with van der Waals surface area (Å²) in [6.45, 7) is 12.2. The van der Waals surface area contributed by atoms with Crippen LogP contribution in [-0.2, 0) is 6.54 Å². The number of aromatic nitrogens is 4. The van der Waals surface area contributed by atoms with Crippen LogP contribution in [-0.4, -0.2) is 73.9 Å². The number of aryl methyl sites for hydroxylation is 1. The molecule has 0 spiro atoms. The van der Waals surface area contributed by atoms with Crippen molar-refractivity contribution in [1.29, 1.82) is 0 Å². The fourth-order valence-corrected chi connectivity index (χ4v) is 5.95. The summed E-state index contributed by atoms with van der Waals surface area (Å²) >= 11 is 0. The van der Waals surface area contributed by atoms with Crippen molar-refractivity contribution >= 4 is 34.1 Å². The summed E-state index contributed by atoms with van der Waals surface area (Å²) in [6.07, 6.45) is 7.09. The third kappa shape index (κ3) is 4.57. The molecule has 1 saturated heterocycles. The molecule has 2 aromatic heterocycles. The van der Waals surface area contributed by atoms with E-state index in [1.165, 1.54) is 11.3 Å². The number of rotatable bonds is 6. The Kier molecular flexibility index (Phi) is 6.39. The molecular weight excluding hydrogens is 492 g/mol. The largest absolute Gasteiger partial charge is 0.384 e. The van der Waals surface area contributed by atoms with Crippen molar-refractivity contribution in [3.63, 3.8) is 0 Å². The van der Waals surface area contributed by atoms with Crippen LogP contribution in [0, 0.1) is 6.92 Å². The van der Waals surface area contributed by atoms with Crippen molar-refractivity contribution in [2.75, 3.05) is 43.4 Å². The molecule has 10 nitrogen and oxygen atoms in total. The van der Waals surface area contributed by atoms with E-state index in [-0.39, 0.29) is 5.56 Å². The average Bonchev–Trinajstić information content (AvgIpc) is 3.37. The van der Waals surface area contributed by atoms with E-state index < -0.39 is 11.8 Å². The molecule has 2 aliphatic heterocycles. The van der Waals surface area contributed by atoms with Gasteiger partial charge in [0.05, 0.1) is 12.3 Å². The molecule has 1 aromatic carbocycles. The highest BCUT2D eigenvalue weighted by Gasteiger charge is 2.39. The van der Waals surface area contributed by atoms with Gasteiger partial charge in [-0.25, -0.2) is 14.3 Å². The number of aliphatic imine (C=N–C) groups is 1. The first kappa shape index (κ1) is 25.5. The lowest BCUT2D eigenvalue weighted by atomic mass is 10.00. The zero-order valence-corrected chi connectivity index (χ0v) is 22.9. The van der Waals surface area contributed by atoms with Crippen molar-refractivity contribution < 1.29 is 5.11 Å². The van der Waals surface area contributed by atoms with E-state index in [2.05, 4.69) is 58.9 Å². The lowest BCUT2D eigenvalue weighted by Crippen LogP contribution is -2.44. The first-order valence-corrected chi connectivity index (χ1v) is 13.7. The highest BCUT2D eigenvalue weighted by atomic mass is 16.3. The Labute approximate surface area is 228 Å². The molecule has 3 aliphatic rings. The topological polar surface area (TPSA) is 104 Å². The highest BCUT2D eigenvalue weighted by molar-refractivity contribution is 6.08. The van der Waals surface area contributed by atoms with Gasteiger partial charge in [-0.05, 0) is 63.1 Å². The van der Waals surface area contributed by atoms with Crippen LogP contribution in [0.4, 0.5) is 17.3 Å². The maximum atomic E-state index is 13.3. The van der Waals surface area contributed by atoms with Gasteiger partial charge in [0.25, 0.3) is 5.56 Å². The molecule has 6 rings (SSSR count). The molecule has 2 atom stereocenters. The predicted molar refractivity (Wildman–Crippen MR) is 155 cm³/mol. The van der Waals surface area contributed by atoms with Crippen molar-refractivity contribution in [1.82, 2.24) is 24.2 Å². The zero-order chi connectivity index (χ0) is 27.3. The van der Waals surface area contributed by atoms with Crippen LogP contribution in [0.5, 0.6) is 0 Å². The molecule has 2 fully saturated rings. The van der Waals surface area contributed by atoms with Gasteiger partial charge in [-0.1, -0.05) is 12.2 Å². The minimum atomic E-state index is -0.965. The van der Waals surface area contributed by atoms with E-state index in [1.807, 2.05) is 10.7 Å². The lowest BCUT2D eigenvalue weighted by Gasteiger charge is -2.35. The van der Waals surface area contributed by atoms with E-state index in [1.54, 1.807) is 23.9 Å². The van der Waals surface area contributed by atoms with Crippen molar-refractivity contribution in [2.45, 2.75) is 51.4 Å². The van der Waals surface area contributed by atoms with Crippen LogP contribution in [0.1, 0.15) is 37.9 Å². The van der Waals surface area contributed by atoms with Gasteiger partial charge < -0.3 is 20.2 Å². The second kappa shape index (κ2) is 9.77. The van der Waals surface area contributed by atoms with E-state index in [9.17, 15) is 9.90 Å². The summed E-state index contributed by atoms with van der Waals surface area (Å²) in [7, 11) is 2.16. The number of aliphatic hydroxyl groups is 1. The van der Waals surface area contributed by atoms with Gasteiger partial charge in [-0.3, -0.25) is 9.79 Å². The number of fused-ring (bicyclic) bond motifs is 2. The average molecular weight is 529 g/mol. The van der Waals surface area contributed by atoms with Gasteiger partial charge in [0.15, 0.2) is 5.65 Å². The molecule has 39 heavy (non-hydrogen) atoms. The van der Waals surface area contributed by atoms with Crippen LogP contribution < -0.4 is 15.8 Å². The predicted octanol–water partition coefficient (Wildman–Crippen LogP) is 3.40. The molecule has 0 amide bonds. The summed E-state index contributed by atoms with van der Waals surface area (Å²) < 4.78 is 3.45. The number of benzene rings is 1. The van der Waals surface area contributed by atoms with Crippen LogP contribution in [0.2, 0.25) is 0 Å². The minimum Gasteiger partial charge on any atom is -0.384 e. The van der Waals surface area contributed by atoms with Crippen molar-refractivity contribution in [2.24, 2.45) is 4.99 Å².